The van der Waals surface area contributed by atoms with E-state index >= 15 is 0 Å². The van der Waals surface area contributed by atoms with Gasteiger partial charge in [0.25, 0.3) is 0 Å². The molecular weight excluding hydrogens is 335 g/mol. The van der Waals surface area contributed by atoms with Gasteiger partial charge in [0.05, 0.1) is 0 Å². The van der Waals surface area contributed by atoms with Crippen LogP contribution in [0.1, 0.15) is 90.1 Å². The summed E-state index contributed by atoms with van der Waals surface area (Å²) in [5.41, 5.74) is 4.03. The van der Waals surface area contributed by atoms with Crippen LogP contribution in [0.5, 0.6) is 0 Å². The molecule has 0 nitrogen and oxygen atoms in total. The van der Waals surface area contributed by atoms with Gasteiger partial charge in [-0.05, 0) is 29.5 Å². The van der Waals surface area contributed by atoms with Crippen LogP contribution in [0.4, 0.5) is 0 Å². The number of unbranched alkanes of at least 4 members (excludes halogenated alkanes) is 10. The largest absolute Gasteiger partial charge is 1.00 e. The fraction of sp³-hybridized carbons (Fsp3) is 0.462. The third-order valence-corrected chi connectivity index (χ3v) is 5.08. The fourth-order valence-electron chi connectivity index (χ4n) is 3.52. The van der Waals surface area contributed by atoms with Crippen molar-refractivity contribution in [2.75, 3.05) is 0 Å². The van der Waals surface area contributed by atoms with Gasteiger partial charge >= 0.3 is 29.6 Å². The van der Waals surface area contributed by atoms with Gasteiger partial charge in [-0.25, -0.2) is 0 Å². The Hall–Kier alpha value is -0.820. The van der Waals surface area contributed by atoms with E-state index in [1.165, 1.54) is 87.3 Å². The summed E-state index contributed by atoms with van der Waals surface area (Å²) < 4.78 is 0. The minimum absolute atomic E-state index is 0. The van der Waals surface area contributed by atoms with Gasteiger partial charge in [0.2, 0.25) is 0 Å². The summed E-state index contributed by atoms with van der Waals surface area (Å²) in [5.74, 6) is 0. The maximum absolute atomic E-state index is 2.44. The van der Waals surface area contributed by atoms with E-state index < -0.39 is 0 Å². The van der Waals surface area contributed by atoms with Gasteiger partial charge in [-0.1, -0.05) is 131 Å². The van der Waals surface area contributed by atoms with E-state index in [0.29, 0.717) is 0 Å². The average Bonchev–Trinajstić information content (AvgIpc) is 2.70. The molecule has 2 rings (SSSR count). The molecule has 2 aromatic rings. The van der Waals surface area contributed by atoms with Crippen LogP contribution in [0.25, 0.3) is 5.57 Å². The summed E-state index contributed by atoms with van der Waals surface area (Å²) in [6.45, 7) is 2.29. The average molecular weight is 373 g/mol. The summed E-state index contributed by atoms with van der Waals surface area (Å²) >= 11 is 0. The molecule has 142 valence electrons. The van der Waals surface area contributed by atoms with Crippen molar-refractivity contribution in [3.8, 4) is 0 Å². The molecule has 0 aliphatic carbocycles. The molecule has 0 aliphatic rings. The quantitative estimate of drug-likeness (QED) is 0.320. The predicted octanol–water partition coefficient (Wildman–Crippen LogP) is 5.55. The van der Waals surface area contributed by atoms with E-state index in [-0.39, 0.29) is 31.0 Å². The Morgan fingerprint density at radius 1 is 0.630 bits per heavy atom. The molecule has 0 radical (unpaired) electrons. The van der Waals surface area contributed by atoms with Crippen LogP contribution in [0, 0.1) is 0 Å². The Balaban J connectivity index is 0.00000364. The van der Waals surface area contributed by atoms with Crippen molar-refractivity contribution in [1.82, 2.24) is 0 Å². The molecule has 0 fully saturated rings. The molecule has 0 aliphatic heterocycles. The monoisotopic (exact) mass is 372 g/mol. The molecule has 0 heterocycles. The van der Waals surface area contributed by atoms with Crippen molar-refractivity contribution in [2.24, 2.45) is 0 Å². The van der Waals surface area contributed by atoms with Gasteiger partial charge in [0.15, 0.2) is 0 Å². The smallest absolute Gasteiger partial charge is 1.00 e. The third kappa shape index (κ3) is 10.3. The standard InChI is InChI=1S/C26H36.Na.H/c1-2-3-4-5-6-7-8-9-10-11-18-23-26(24-19-14-12-15-20-24)25-21-16-13-17-22-25;;/h12-17,19-23H,2-11,18H2,1H3;;/q;+1;-1. The molecule has 0 spiro atoms. The van der Waals surface area contributed by atoms with E-state index in [0.717, 1.165) is 0 Å². The third-order valence-electron chi connectivity index (χ3n) is 5.08. The molecule has 0 aromatic heterocycles. The number of benzene rings is 2. The Morgan fingerprint density at radius 2 is 1.04 bits per heavy atom. The minimum Gasteiger partial charge on any atom is -1.00 e. The molecule has 0 atom stereocenters. The first-order valence-corrected chi connectivity index (χ1v) is 10.7. The Morgan fingerprint density at radius 3 is 1.48 bits per heavy atom. The topological polar surface area (TPSA) is 0 Å². The van der Waals surface area contributed by atoms with Gasteiger partial charge < -0.3 is 1.43 Å². The van der Waals surface area contributed by atoms with E-state index in [4.69, 9.17) is 0 Å². The normalized spacial score (nSPS) is 10.3. The SMILES string of the molecule is CCCCCCCCCCCCC=C(c1ccccc1)c1ccccc1.[H-].[Na+]. The predicted molar refractivity (Wildman–Crippen MR) is 118 cm³/mol. The first kappa shape index (κ1) is 24.2. The van der Waals surface area contributed by atoms with Crippen LogP contribution >= 0.6 is 0 Å². The number of hydrogen-bond acceptors (Lipinski definition) is 0. The van der Waals surface area contributed by atoms with Gasteiger partial charge in [-0.3, -0.25) is 0 Å². The fourth-order valence-corrected chi connectivity index (χ4v) is 3.52. The van der Waals surface area contributed by atoms with Crippen molar-refractivity contribution >= 4 is 5.57 Å². The molecule has 0 saturated heterocycles. The van der Waals surface area contributed by atoms with Crippen LogP contribution in [0.2, 0.25) is 0 Å². The Bertz CT molecular complexity index is 565. The van der Waals surface area contributed by atoms with Crippen molar-refractivity contribution in [1.29, 1.82) is 0 Å². The maximum atomic E-state index is 2.44. The van der Waals surface area contributed by atoms with Crippen molar-refractivity contribution in [3.63, 3.8) is 0 Å². The Kier molecular flexibility index (Phi) is 14.5. The number of allylic oxidation sites excluding steroid dienone is 1. The van der Waals surface area contributed by atoms with Gasteiger partial charge in [-0.2, -0.15) is 0 Å². The van der Waals surface area contributed by atoms with Crippen LogP contribution in [0.3, 0.4) is 0 Å². The second-order valence-electron chi connectivity index (χ2n) is 7.32. The molecule has 1 heteroatoms. The van der Waals surface area contributed by atoms with E-state index in [2.05, 4.69) is 73.7 Å². The molecular formula is C26H37Na. The van der Waals surface area contributed by atoms with Gasteiger partial charge in [-0.15, -0.1) is 0 Å². The molecule has 0 amide bonds. The van der Waals surface area contributed by atoms with Crippen LogP contribution in [0.15, 0.2) is 66.7 Å². The van der Waals surface area contributed by atoms with Crippen molar-refractivity contribution in [3.05, 3.63) is 77.9 Å². The van der Waals surface area contributed by atoms with Crippen molar-refractivity contribution < 1.29 is 31.0 Å². The zero-order valence-corrected chi connectivity index (χ0v) is 19.6. The molecule has 0 unspecified atom stereocenters. The number of hydrogen-bond donors (Lipinski definition) is 0. The molecule has 2 aromatic carbocycles. The maximum Gasteiger partial charge on any atom is 1.00 e. The first-order chi connectivity index (χ1) is 12.9. The second-order valence-corrected chi connectivity index (χ2v) is 7.32. The van der Waals surface area contributed by atoms with Crippen molar-refractivity contribution in [2.45, 2.75) is 77.6 Å². The number of rotatable bonds is 13. The molecule has 27 heavy (non-hydrogen) atoms. The summed E-state index contributed by atoms with van der Waals surface area (Å²) in [6, 6.07) is 21.6. The van der Waals surface area contributed by atoms with Gasteiger partial charge in [0, 0.05) is 0 Å². The summed E-state index contributed by atoms with van der Waals surface area (Å²) in [6.07, 6.45) is 17.6. The zero-order chi connectivity index (χ0) is 18.3. The summed E-state index contributed by atoms with van der Waals surface area (Å²) in [5, 5.41) is 0. The molecule has 0 N–H and O–H groups in total. The van der Waals surface area contributed by atoms with Crippen LogP contribution < -0.4 is 29.6 Å². The zero-order valence-electron chi connectivity index (χ0n) is 18.6. The van der Waals surface area contributed by atoms with E-state index in [1.54, 1.807) is 0 Å². The van der Waals surface area contributed by atoms with E-state index in [9.17, 15) is 0 Å². The minimum atomic E-state index is 0. The molecule has 0 saturated carbocycles. The van der Waals surface area contributed by atoms with E-state index in [1.807, 2.05) is 0 Å². The van der Waals surface area contributed by atoms with Crippen LogP contribution in [-0.4, -0.2) is 0 Å². The summed E-state index contributed by atoms with van der Waals surface area (Å²) in [7, 11) is 0. The van der Waals surface area contributed by atoms with Crippen LogP contribution in [-0.2, 0) is 0 Å². The van der Waals surface area contributed by atoms with Gasteiger partial charge in [0.1, 0.15) is 0 Å². The summed E-state index contributed by atoms with van der Waals surface area (Å²) in [4.78, 5) is 0. The second kappa shape index (κ2) is 16.2. The Labute approximate surface area is 191 Å². The molecule has 0 bridgehead atoms. The first-order valence-electron chi connectivity index (χ1n) is 10.7.